The first-order valence-electron chi connectivity index (χ1n) is 4.15. The fourth-order valence-corrected chi connectivity index (χ4v) is 1.28. The molecule has 0 aromatic carbocycles. The number of rotatable bonds is 4. The number of halogens is 1. The van der Waals surface area contributed by atoms with Gasteiger partial charge in [-0.2, -0.15) is 4.57 Å². The van der Waals surface area contributed by atoms with Crippen molar-refractivity contribution in [3.8, 4) is 0 Å². The van der Waals surface area contributed by atoms with Crippen LogP contribution in [0.4, 0.5) is 5.82 Å². The molecule has 1 rings (SSSR count). The molecule has 8 heteroatoms. The summed E-state index contributed by atoms with van der Waals surface area (Å²) >= 11 is 5.37. The van der Waals surface area contributed by atoms with Gasteiger partial charge in [-0.15, -0.1) is 11.6 Å². The van der Waals surface area contributed by atoms with Crippen molar-refractivity contribution >= 4 is 17.4 Å². The van der Waals surface area contributed by atoms with Gasteiger partial charge in [0.2, 0.25) is 0 Å². The average Bonchev–Trinajstić information content (AvgIpc) is 2.46. The van der Waals surface area contributed by atoms with Crippen LogP contribution >= 0.6 is 11.6 Å². The highest BCUT2D eigenvalue weighted by Crippen LogP contribution is 2.13. The third kappa shape index (κ3) is 2.37. The van der Waals surface area contributed by atoms with Gasteiger partial charge < -0.3 is 20.4 Å². The lowest BCUT2D eigenvalue weighted by molar-refractivity contribution is -0.613. The van der Waals surface area contributed by atoms with Crippen molar-refractivity contribution < 1.29 is 14.8 Å². The fraction of sp³-hybridized carbons (Fsp3) is 0.571. The molecule has 0 bridgehead atoms. The topological polar surface area (TPSA) is 95.2 Å². The molecule has 1 unspecified atom stereocenters. The monoisotopic (exact) mass is 235 g/mol. The molecule has 1 N–H and O–H groups in total. The van der Waals surface area contributed by atoms with E-state index in [1.807, 2.05) is 0 Å². The molecular formula is C7H10ClN3O4. The van der Waals surface area contributed by atoms with Crippen LogP contribution in [0, 0.1) is 22.2 Å². The SMILES string of the molecule is Cc1n(CC(O)CCl)c([N+](=O)[O-])c[n+]1[O-]. The number of aliphatic hydroxyl groups excluding tert-OH is 1. The Balaban J connectivity index is 3.08. The number of aromatic nitrogens is 2. The van der Waals surface area contributed by atoms with E-state index >= 15 is 0 Å². The molecule has 0 radical (unpaired) electrons. The Morgan fingerprint density at radius 2 is 2.40 bits per heavy atom. The van der Waals surface area contributed by atoms with Crippen LogP contribution in [0.2, 0.25) is 0 Å². The third-order valence-corrected chi connectivity index (χ3v) is 2.33. The molecule has 0 amide bonds. The minimum Gasteiger partial charge on any atom is -0.711 e. The van der Waals surface area contributed by atoms with Crippen LogP contribution in [-0.2, 0) is 6.54 Å². The van der Waals surface area contributed by atoms with Gasteiger partial charge in [-0.25, -0.2) is 4.73 Å². The van der Waals surface area contributed by atoms with Crippen LogP contribution in [-0.4, -0.2) is 26.6 Å². The molecule has 0 spiro atoms. The first-order valence-corrected chi connectivity index (χ1v) is 4.68. The summed E-state index contributed by atoms with van der Waals surface area (Å²) in [6.07, 6.45) is -0.0625. The van der Waals surface area contributed by atoms with Crippen molar-refractivity contribution in [2.45, 2.75) is 19.6 Å². The van der Waals surface area contributed by atoms with E-state index in [1.54, 1.807) is 0 Å². The predicted molar refractivity (Wildman–Crippen MR) is 51.5 cm³/mol. The molecule has 0 saturated heterocycles. The van der Waals surface area contributed by atoms with Gasteiger partial charge in [0.05, 0.1) is 5.88 Å². The summed E-state index contributed by atoms with van der Waals surface area (Å²) in [5, 5.41) is 31.0. The number of aliphatic hydroxyl groups is 1. The second kappa shape index (κ2) is 4.45. The zero-order chi connectivity index (χ0) is 11.6. The molecule has 15 heavy (non-hydrogen) atoms. The fourth-order valence-electron chi connectivity index (χ4n) is 1.18. The second-order valence-corrected chi connectivity index (χ2v) is 3.34. The Labute approximate surface area is 90.2 Å². The third-order valence-electron chi connectivity index (χ3n) is 1.98. The van der Waals surface area contributed by atoms with Crippen molar-refractivity contribution in [3.05, 3.63) is 27.3 Å². The summed E-state index contributed by atoms with van der Waals surface area (Å²) < 4.78 is 1.51. The van der Waals surface area contributed by atoms with Gasteiger partial charge in [0.1, 0.15) is 12.6 Å². The van der Waals surface area contributed by atoms with Gasteiger partial charge in [-0.1, -0.05) is 0 Å². The number of nitro groups is 1. The average molecular weight is 236 g/mol. The smallest absolute Gasteiger partial charge is 0.365 e. The van der Waals surface area contributed by atoms with E-state index in [-0.39, 0.29) is 24.1 Å². The molecular weight excluding hydrogens is 226 g/mol. The largest absolute Gasteiger partial charge is 0.711 e. The molecule has 7 nitrogen and oxygen atoms in total. The Kier molecular flexibility index (Phi) is 3.48. The summed E-state index contributed by atoms with van der Waals surface area (Å²) in [4.78, 5) is 9.90. The zero-order valence-electron chi connectivity index (χ0n) is 7.96. The number of alkyl halides is 1. The van der Waals surface area contributed by atoms with Crippen molar-refractivity contribution in [2.75, 3.05) is 5.88 Å². The van der Waals surface area contributed by atoms with E-state index in [4.69, 9.17) is 11.6 Å². The molecule has 0 aliphatic heterocycles. The number of nitrogens with zero attached hydrogens (tertiary/aromatic N) is 3. The van der Waals surface area contributed by atoms with E-state index in [9.17, 15) is 20.4 Å². The van der Waals surface area contributed by atoms with E-state index < -0.39 is 11.0 Å². The van der Waals surface area contributed by atoms with E-state index in [2.05, 4.69) is 0 Å². The summed E-state index contributed by atoms with van der Waals surface area (Å²) in [6.45, 7) is 1.36. The molecule has 84 valence electrons. The van der Waals surface area contributed by atoms with E-state index in [1.165, 1.54) is 6.92 Å². The summed E-state index contributed by atoms with van der Waals surface area (Å²) in [6, 6.07) is 0. The van der Waals surface area contributed by atoms with Crippen LogP contribution in [0.5, 0.6) is 0 Å². The molecule has 1 aromatic rings. The Bertz CT molecular complexity index is 379. The maximum atomic E-state index is 11.1. The van der Waals surface area contributed by atoms with Gasteiger partial charge >= 0.3 is 5.82 Å². The molecule has 1 heterocycles. The molecule has 0 saturated carbocycles. The van der Waals surface area contributed by atoms with E-state index in [0.29, 0.717) is 4.73 Å². The van der Waals surface area contributed by atoms with Crippen molar-refractivity contribution in [1.29, 1.82) is 0 Å². The highest BCUT2D eigenvalue weighted by molar-refractivity contribution is 6.18. The standard InChI is InChI=1S/C7H10ClN3O4/c1-5-9(3-6(12)2-8)7(11(14)15)4-10(5)13/h4,6,12H,2-3H2,1H3. The van der Waals surface area contributed by atoms with Gasteiger partial charge in [0.25, 0.3) is 5.82 Å². The quantitative estimate of drug-likeness (QED) is 0.260. The summed E-state index contributed by atoms with van der Waals surface area (Å²) in [5.41, 5.74) is 0. The summed E-state index contributed by atoms with van der Waals surface area (Å²) in [7, 11) is 0. The van der Waals surface area contributed by atoms with Gasteiger partial charge in [-0.3, -0.25) is 0 Å². The Morgan fingerprint density at radius 3 is 2.87 bits per heavy atom. The zero-order valence-corrected chi connectivity index (χ0v) is 8.72. The lowest BCUT2D eigenvalue weighted by atomic mass is 10.4. The Hall–Kier alpha value is -1.34. The maximum absolute atomic E-state index is 11.1. The minimum absolute atomic E-state index is 0.0480. The first kappa shape index (κ1) is 11.7. The second-order valence-electron chi connectivity index (χ2n) is 3.04. The molecule has 1 aromatic heterocycles. The number of hydrogen-bond donors (Lipinski definition) is 1. The molecule has 0 fully saturated rings. The normalized spacial score (nSPS) is 12.7. The lowest BCUT2D eigenvalue weighted by Crippen LogP contribution is -2.29. The highest BCUT2D eigenvalue weighted by Gasteiger charge is 2.23. The minimum atomic E-state index is -0.920. The number of imidazole rings is 1. The molecule has 0 aliphatic carbocycles. The molecule has 0 aliphatic rings. The van der Waals surface area contributed by atoms with Crippen LogP contribution in [0.15, 0.2) is 6.20 Å². The van der Waals surface area contributed by atoms with E-state index in [0.717, 1.165) is 10.8 Å². The van der Waals surface area contributed by atoms with Crippen LogP contribution < -0.4 is 4.73 Å². The summed E-state index contributed by atoms with van der Waals surface area (Å²) in [5.74, 6) is -0.259. The van der Waals surface area contributed by atoms with Gasteiger partial charge in [-0.05, 0) is 4.92 Å². The van der Waals surface area contributed by atoms with Crippen LogP contribution in [0.1, 0.15) is 5.82 Å². The highest BCUT2D eigenvalue weighted by atomic mass is 35.5. The number of hydrogen-bond acceptors (Lipinski definition) is 4. The van der Waals surface area contributed by atoms with Crippen LogP contribution in [0.3, 0.4) is 0 Å². The predicted octanol–water partition coefficient (Wildman–Crippen LogP) is -0.0622. The van der Waals surface area contributed by atoms with Crippen molar-refractivity contribution in [1.82, 2.24) is 4.57 Å². The van der Waals surface area contributed by atoms with Crippen LogP contribution in [0.25, 0.3) is 0 Å². The maximum Gasteiger partial charge on any atom is 0.365 e. The van der Waals surface area contributed by atoms with Crippen molar-refractivity contribution in [3.63, 3.8) is 0 Å². The first-order chi connectivity index (χ1) is 6.97. The van der Waals surface area contributed by atoms with Gasteiger partial charge in [0.15, 0.2) is 6.20 Å². The molecule has 1 atom stereocenters. The van der Waals surface area contributed by atoms with Crippen molar-refractivity contribution in [2.24, 2.45) is 0 Å². The lowest BCUT2D eigenvalue weighted by Gasteiger charge is -2.06. The Morgan fingerprint density at radius 1 is 1.80 bits per heavy atom. The van der Waals surface area contributed by atoms with Gasteiger partial charge in [0, 0.05) is 6.92 Å².